The lowest BCUT2D eigenvalue weighted by Crippen LogP contribution is -1.77. The van der Waals surface area contributed by atoms with E-state index in [0.717, 1.165) is 18.5 Å². The van der Waals surface area contributed by atoms with Crippen LogP contribution in [0.25, 0.3) is 0 Å². The van der Waals surface area contributed by atoms with Crippen LogP contribution in [0.3, 0.4) is 0 Å². The van der Waals surface area contributed by atoms with Gasteiger partial charge in [0.15, 0.2) is 0 Å². The van der Waals surface area contributed by atoms with E-state index in [0.29, 0.717) is 6.54 Å². The van der Waals surface area contributed by atoms with Crippen LogP contribution in [0.1, 0.15) is 18.4 Å². The van der Waals surface area contributed by atoms with Crippen molar-refractivity contribution in [2.24, 2.45) is 9.98 Å². The highest BCUT2D eigenvalue weighted by Crippen LogP contribution is 2.10. The highest BCUT2D eigenvalue weighted by atomic mass is 14.8. The van der Waals surface area contributed by atoms with Crippen molar-refractivity contribution in [2.75, 3.05) is 6.54 Å². The van der Waals surface area contributed by atoms with Gasteiger partial charge in [-0.05, 0) is 25.5 Å². The van der Waals surface area contributed by atoms with E-state index in [1.54, 1.807) is 0 Å². The summed E-state index contributed by atoms with van der Waals surface area (Å²) < 4.78 is 0. The van der Waals surface area contributed by atoms with Crippen LogP contribution in [0.15, 0.2) is 34.3 Å². The number of aryl methyl sites for hydroxylation is 1. The summed E-state index contributed by atoms with van der Waals surface area (Å²) in [5, 5.41) is 0. The zero-order valence-corrected chi connectivity index (χ0v) is 8.90. The molecule has 0 aromatic heterocycles. The van der Waals surface area contributed by atoms with Crippen LogP contribution in [0.5, 0.6) is 0 Å². The maximum absolute atomic E-state index is 5.11. The Morgan fingerprint density at radius 3 is 2.67 bits per heavy atom. The van der Waals surface area contributed by atoms with Gasteiger partial charge in [-0.3, -0.25) is 0 Å². The van der Waals surface area contributed by atoms with Crippen molar-refractivity contribution >= 4 is 11.7 Å². The first-order valence-electron chi connectivity index (χ1n) is 4.95. The van der Waals surface area contributed by atoms with Crippen molar-refractivity contribution in [3.05, 3.63) is 29.8 Å². The molecule has 0 aliphatic rings. The molecule has 15 heavy (non-hydrogen) atoms. The van der Waals surface area contributed by atoms with Crippen LogP contribution in [-0.4, -0.2) is 12.6 Å². The van der Waals surface area contributed by atoms with E-state index in [9.17, 15) is 0 Å². The maximum atomic E-state index is 5.11. The first kappa shape index (κ1) is 11.2. The Morgan fingerprint density at radius 1 is 1.27 bits per heavy atom. The van der Waals surface area contributed by atoms with E-state index in [-0.39, 0.29) is 0 Å². The van der Waals surface area contributed by atoms with Crippen LogP contribution in [0.4, 0.5) is 5.69 Å². The van der Waals surface area contributed by atoms with Crippen LogP contribution >= 0.6 is 0 Å². The number of benzene rings is 1. The second-order valence-electron chi connectivity index (χ2n) is 3.24. The van der Waals surface area contributed by atoms with Crippen LogP contribution < -0.4 is 0 Å². The van der Waals surface area contributed by atoms with E-state index < -0.39 is 0 Å². The van der Waals surface area contributed by atoms with Gasteiger partial charge in [0.1, 0.15) is 0 Å². The smallest absolute Gasteiger partial charge is 0.0948 e. The number of aliphatic imine (C=N–C) groups is 2. The third-order valence-corrected chi connectivity index (χ3v) is 1.87. The topological polar surface area (TPSA) is 24.7 Å². The SMILES string of the molecule is C#CCCCN=C=Nc1ccc(C)cc1. The Balaban J connectivity index is 2.44. The van der Waals surface area contributed by atoms with Crippen molar-refractivity contribution in [1.29, 1.82) is 0 Å². The summed E-state index contributed by atoms with van der Waals surface area (Å²) >= 11 is 0. The van der Waals surface area contributed by atoms with Crippen molar-refractivity contribution in [3.63, 3.8) is 0 Å². The number of nitrogens with zero attached hydrogens (tertiary/aromatic N) is 2. The molecule has 0 radical (unpaired) electrons. The van der Waals surface area contributed by atoms with Crippen LogP contribution in [0.2, 0.25) is 0 Å². The molecule has 0 atom stereocenters. The molecule has 0 spiro atoms. The molecule has 0 aliphatic carbocycles. The molecule has 2 nitrogen and oxygen atoms in total. The van der Waals surface area contributed by atoms with Crippen LogP contribution in [0, 0.1) is 19.3 Å². The lowest BCUT2D eigenvalue weighted by molar-refractivity contribution is 0.874. The predicted octanol–water partition coefficient (Wildman–Crippen LogP) is 3.21. The third-order valence-electron chi connectivity index (χ3n) is 1.87. The van der Waals surface area contributed by atoms with Gasteiger partial charge >= 0.3 is 0 Å². The predicted molar refractivity (Wildman–Crippen MR) is 63.6 cm³/mol. The Morgan fingerprint density at radius 2 is 2.00 bits per heavy atom. The van der Waals surface area contributed by atoms with Gasteiger partial charge in [-0.25, -0.2) is 4.99 Å². The standard InChI is InChI=1S/C13H14N2/c1-3-4-5-10-14-11-15-13-8-6-12(2)7-9-13/h1,6-9H,4-5,10H2,2H3. The molecule has 1 rings (SSSR count). The summed E-state index contributed by atoms with van der Waals surface area (Å²) in [5.74, 6) is 2.56. The molecule has 0 bridgehead atoms. The summed E-state index contributed by atoms with van der Waals surface area (Å²) in [6.45, 7) is 2.74. The third kappa shape index (κ3) is 4.81. The van der Waals surface area contributed by atoms with E-state index >= 15 is 0 Å². The van der Waals surface area contributed by atoms with Gasteiger partial charge in [-0.15, -0.1) is 12.3 Å². The van der Waals surface area contributed by atoms with Crippen molar-refractivity contribution in [1.82, 2.24) is 0 Å². The fourth-order valence-electron chi connectivity index (χ4n) is 1.02. The summed E-state index contributed by atoms with van der Waals surface area (Å²) in [4.78, 5) is 8.09. The minimum Gasteiger partial charge on any atom is -0.225 e. The lowest BCUT2D eigenvalue weighted by Gasteiger charge is -1.91. The highest BCUT2D eigenvalue weighted by molar-refractivity contribution is 5.52. The number of hydrogen-bond donors (Lipinski definition) is 0. The maximum Gasteiger partial charge on any atom is 0.0948 e. The normalized spacial score (nSPS) is 8.80. The van der Waals surface area contributed by atoms with Gasteiger partial charge < -0.3 is 0 Å². The van der Waals surface area contributed by atoms with Crippen LogP contribution in [-0.2, 0) is 0 Å². The second-order valence-corrected chi connectivity index (χ2v) is 3.24. The molecule has 1 aromatic rings. The molecular weight excluding hydrogens is 184 g/mol. The lowest BCUT2D eigenvalue weighted by atomic mass is 10.2. The molecule has 2 heteroatoms. The zero-order valence-electron chi connectivity index (χ0n) is 8.90. The minimum absolute atomic E-state index is 0.694. The largest absolute Gasteiger partial charge is 0.225 e. The van der Waals surface area contributed by atoms with E-state index in [4.69, 9.17) is 6.42 Å². The summed E-state index contributed by atoms with van der Waals surface area (Å²) in [7, 11) is 0. The van der Waals surface area contributed by atoms with Gasteiger partial charge in [0, 0.05) is 6.42 Å². The average molecular weight is 198 g/mol. The molecule has 1 aromatic carbocycles. The molecule has 0 heterocycles. The Labute approximate surface area is 90.8 Å². The van der Waals surface area contributed by atoms with Crippen molar-refractivity contribution < 1.29 is 0 Å². The molecule has 0 saturated carbocycles. The van der Waals surface area contributed by atoms with Gasteiger partial charge in [-0.2, -0.15) is 4.99 Å². The average Bonchev–Trinajstić information content (AvgIpc) is 2.26. The molecule has 0 unspecified atom stereocenters. The van der Waals surface area contributed by atoms with E-state index in [2.05, 4.69) is 21.9 Å². The molecule has 0 aliphatic heterocycles. The Kier molecular flexibility index (Phi) is 4.94. The van der Waals surface area contributed by atoms with Gasteiger partial charge in [0.2, 0.25) is 0 Å². The Hall–Kier alpha value is -1.84. The molecule has 0 amide bonds. The minimum atomic E-state index is 0.694. The molecule has 0 saturated heterocycles. The summed E-state index contributed by atoms with van der Waals surface area (Å²) in [5.41, 5.74) is 2.10. The van der Waals surface area contributed by atoms with Crippen molar-refractivity contribution in [3.8, 4) is 12.3 Å². The molecule has 0 fully saturated rings. The zero-order chi connectivity index (χ0) is 10.9. The Bertz CT molecular complexity index is 390. The number of hydrogen-bond acceptors (Lipinski definition) is 2. The number of terminal acetylenes is 1. The number of unbranched alkanes of at least 4 members (excludes halogenated alkanes) is 1. The monoisotopic (exact) mass is 198 g/mol. The highest BCUT2D eigenvalue weighted by Gasteiger charge is 1.85. The quantitative estimate of drug-likeness (QED) is 0.403. The van der Waals surface area contributed by atoms with E-state index in [1.807, 2.05) is 31.2 Å². The molecular formula is C13H14N2. The molecule has 0 N–H and O–H groups in total. The second kappa shape index (κ2) is 6.59. The summed E-state index contributed by atoms with van der Waals surface area (Å²) in [6, 6.07) is 10.6. The number of rotatable bonds is 4. The van der Waals surface area contributed by atoms with Gasteiger partial charge in [0.05, 0.1) is 18.2 Å². The fraction of sp³-hybridized carbons (Fsp3) is 0.308. The van der Waals surface area contributed by atoms with Crippen molar-refractivity contribution in [2.45, 2.75) is 19.8 Å². The van der Waals surface area contributed by atoms with E-state index in [1.165, 1.54) is 5.56 Å². The van der Waals surface area contributed by atoms with Gasteiger partial charge in [-0.1, -0.05) is 17.7 Å². The summed E-state index contributed by atoms with van der Waals surface area (Å²) in [6.07, 6.45) is 6.77. The first-order valence-corrected chi connectivity index (χ1v) is 4.95. The first-order chi connectivity index (χ1) is 7.33. The molecule has 76 valence electrons. The van der Waals surface area contributed by atoms with Gasteiger partial charge in [0.25, 0.3) is 0 Å². The fourth-order valence-corrected chi connectivity index (χ4v) is 1.02.